The van der Waals surface area contributed by atoms with Gasteiger partial charge < -0.3 is 15.6 Å². The molecule has 1 aromatic carbocycles. The van der Waals surface area contributed by atoms with Gasteiger partial charge >= 0.3 is 0 Å². The monoisotopic (exact) mass is 457 g/mol. The molecule has 0 bridgehead atoms. The molecule has 0 radical (unpaired) electrons. The molecule has 6 nitrogen and oxygen atoms in total. The number of Topliss-reactive ketones (excluding diaryl/α,β-unsaturated/α-hetero) is 1. The van der Waals surface area contributed by atoms with Crippen LogP contribution in [-0.2, 0) is 11.2 Å². The molecule has 1 saturated heterocycles. The summed E-state index contributed by atoms with van der Waals surface area (Å²) in [6, 6.07) is 6.48. The first-order valence-electron chi connectivity index (χ1n) is 10.4. The predicted molar refractivity (Wildman–Crippen MR) is 114 cm³/mol. The van der Waals surface area contributed by atoms with E-state index in [1.807, 2.05) is 0 Å². The van der Waals surface area contributed by atoms with Gasteiger partial charge in [0.25, 0.3) is 0 Å². The first-order chi connectivity index (χ1) is 15.8. The number of carbonyl (C=O) groups is 1. The smallest absolute Gasteiger partial charge is 0.185 e. The fourth-order valence-corrected chi connectivity index (χ4v) is 3.99. The molecule has 0 unspecified atom stereocenters. The van der Waals surface area contributed by atoms with Crippen LogP contribution in [0.5, 0.6) is 0 Å². The second-order valence-corrected chi connectivity index (χ2v) is 8.02. The van der Waals surface area contributed by atoms with Crippen LogP contribution in [0.2, 0.25) is 0 Å². The Morgan fingerprint density at radius 2 is 1.88 bits per heavy atom. The zero-order chi connectivity index (χ0) is 23.7. The summed E-state index contributed by atoms with van der Waals surface area (Å²) < 4.78 is 48.6. The van der Waals surface area contributed by atoms with Gasteiger partial charge in [0.05, 0.1) is 23.9 Å². The summed E-state index contributed by atoms with van der Waals surface area (Å²) in [4.78, 5) is 21.0. The molecule has 33 heavy (non-hydrogen) atoms. The van der Waals surface area contributed by atoms with Gasteiger partial charge in [0, 0.05) is 24.9 Å². The lowest BCUT2D eigenvalue weighted by Crippen LogP contribution is -2.48. The number of ether oxygens (including phenoxy) is 1. The Morgan fingerprint density at radius 3 is 2.58 bits per heavy atom. The van der Waals surface area contributed by atoms with Crippen LogP contribution < -0.4 is 5.73 Å². The summed E-state index contributed by atoms with van der Waals surface area (Å²) in [6.07, 6.45) is 1.53. The molecule has 2 aromatic heterocycles. The molecule has 0 aliphatic carbocycles. The Kier molecular flexibility index (Phi) is 6.55. The van der Waals surface area contributed by atoms with E-state index in [-0.39, 0.29) is 12.1 Å². The van der Waals surface area contributed by atoms with Crippen LogP contribution in [0.4, 0.5) is 13.2 Å². The maximum absolute atomic E-state index is 14.4. The molecule has 172 valence electrons. The number of pyridine rings is 2. The molecule has 3 heterocycles. The van der Waals surface area contributed by atoms with E-state index in [0.29, 0.717) is 17.5 Å². The number of halogens is 3. The van der Waals surface area contributed by atoms with Crippen LogP contribution in [0.3, 0.4) is 0 Å². The Balaban J connectivity index is 1.63. The minimum absolute atomic E-state index is 0.145. The topological polar surface area (TPSA) is 98.3 Å². The van der Waals surface area contributed by atoms with E-state index < -0.39 is 58.8 Å². The molecule has 1 aliphatic rings. The van der Waals surface area contributed by atoms with Crippen molar-refractivity contribution >= 4 is 5.78 Å². The SMILES string of the molecule is C[C@H]1O[C@@H](c2ccncc2CC(=O)c2ccc(F)c(-c3c(F)cccc3F)n2)C[C@@H](N)[C@@H]1O. The average Bonchev–Trinajstić information content (AvgIpc) is 2.78. The van der Waals surface area contributed by atoms with E-state index in [2.05, 4.69) is 9.97 Å². The van der Waals surface area contributed by atoms with Gasteiger partial charge in [-0.2, -0.15) is 0 Å². The van der Waals surface area contributed by atoms with Crippen LogP contribution in [0.15, 0.2) is 48.8 Å². The van der Waals surface area contributed by atoms with Gasteiger partial charge in [-0.25, -0.2) is 18.2 Å². The lowest BCUT2D eigenvalue weighted by molar-refractivity contribution is -0.119. The van der Waals surface area contributed by atoms with Crippen molar-refractivity contribution in [3.63, 3.8) is 0 Å². The number of nitrogens with two attached hydrogens (primary N) is 1. The van der Waals surface area contributed by atoms with Gasteiger partial charge in [-0.1, -0.05) is 6.07 Å². The Morgan fingerprint density at radius 1 is 1.15 bits per heavy atom. The van der Waals surface area contributed by atoms with Crippen LogP contribution >= 0.6 is 0 Å². The zero-order valence-corrected chi connectivity index (χ0v) is 17.7. The van der Waals surface area contributed by atoms with E-state index in [4.69, 9.17) is 10.5 Å². The fraction of sp³-hybridized carbons (Fsp3) is 0.292. The quantitative estimate of drug-likeness (QED) is 0.569. The van der Waals surface area contributed by atoms with E-state index >= 15 is 0 Å². The normalized spacial score (nSPS) is 22.8. The number of benzene rings is 1. The van der Waals surface area contributed by atoms with Crippen molar-refractivity contribution < 1.29 is 27.8 Å². The van der Waals surface area contributed by atoms with Gasteiger partial charge in [-0.3, -0.25) is 9.78 Å². The number of aromatic nitrogens is 2. The van der Waals surface area contributed by atoms with Crippen LogP contribution in [-0.4, -0.2) is 39.1 Å². The molecule has 1 fully saturated rings. The van der Waals surface area contributed by atoms with E-state index in [0.717, 1.165) is 24.3 Å². The molecule has 0 spiro atoms. The number of nitrogens with zero attached hydrogens (tertiary/aromatic N) is 2. The number of carbonyl (C=O) groups excluding carboxylic acids is 1. The number of hydrogen-bond donors (Lipinski definition) is 2. The van der Waals surface area contributed by atoms with Crippen LogP contribution in [0, 0.1) is 17.5 Å². The average molecular weight is 457 g/mol. The lowest BCUT2D eigenvalue weighted by atomic mass is 9.90. The Labute approximate surface area is 188 Å². The highest BCUT2D eigenvalue weighted by Gasteiger charge is 2.34. The predicted octanol–water partition coefficient (Wildman–Crippen LogP) is 3.52. The molecule has 0 saturated carbocycles. The fourth-order valence-electron chi connectivity index (χ4n) is 3.99. The molecule has 1 aliphatic heterocycles. The maximum Gasteiger partial charge on any atom is 0.185 e. The minimum atomic E-state index is -0.984. The number of aliphatic hydroxyl groups excluding tert-OH is 1. The number of hydrogen-bond acceptors (Lipinski definition) is 6. The van der Waals surface area contributed by atoms with Gasteiger partial charge in [0.2, 0.25) is 0 Å². The highest BCUT2D eigenvalue weighted by molar-refractivity contribution is 5.96. The third kappa shape index (κ3) is 4.66. The van der Waals surface area contributed by atoms with Crippen LogP contribution in [0.25, 0.3) is 11.3 Å². The highest BCUT2D eigenvalue weighted by atomic mass is 19.1. The number of rotatable bonds is 5. The van der Waals surface area contributed by atoms with Crippen molar-refractivity contribution in [3.8, 4) is 11.3 Å². The first-order valence-corrected chi connectivity index (χ1v) is 10.4. The molecular weight excluding hydrogens is 435 g/mol. The number of aliphatic hydroxyl groups is 1. The summed E-state index contributed by atoms with van der Waals surface area (Å²) in [5, 5.41) is 10.0. The largest absolute Gasteiger partial charge is 0.389 e. The molecule has 0 amide bonds. The van der Waals surface area contributed by atoms with Gasteiger partial charge in [-0.15, -0.1) is 0 Å². The molecule has 4 atom stereocenters. The molecule has 9 heteroatoms. The highest BCUT2D eigenvalue weighted by Crippen LogP contribution is 2.33. The van der Waals surface area contributed by atoms with Gasteiger partial charge in [-0.05, 0) is 54.8 Å². The lowest BCUT2D eigenvalue weighted by Gasteiger charge is -2.37. The van der Waals surface area contributed by atoms with Crippen molar-refractivity contribution in [2.24, 2.45) is 5.73 Å². The summed E-state index contributed by atoms with van der Waals surface area (Å²) >= 11 is 0. The van der Waals surface area contributed by atoms with Gasteiger partial charge in [0.1, 0.15) is 28.8 Å². The molecule has 3 aromatic rings. The van der Waals surface area contributed by atoms with Crippen LogP contribution in [0.1, 0.15) is 41.1 Å². The van der Waals surface area contributed by atoms with E-state index in [1.165, 1.54) is 12.3 Å². The van der Waals surface area contributed by atoms with Crippen molar-refractivity contribution in [1.29, 1.82) is 0 Å². The number of ketones is 1. The van der Waals surface area contributed by atoms with Crippen molar-refractivity contribution in [2.45, 2.75) is 44.1 Å². The second-order valence-electron chi connectivity index (χ2n) is 8.02. The van der Waals surface area contributed by atoms with E-state index in [9.17, 15) is 23.1 Å². The van der Waals surface area contributed by atoms with Gasteiger partial charge in [0.15, 0.2) is 5.78 Å². The third-order valence-electron chi connectivity index (χ3n) is 5.76. The summed E-state index contributed by atoms with van der Waals surface area (Å²) in [7, 11) is 0. The molecule has 3 N–H and O–H groups in total. The summed E-state index contributed by atoms with van der Waals surface area (Å²) in [6.45, 7) is 1.72. The Bertz CT molecular complexity index is 1160. The minimum Gasteiger partial charge on any atom is -0.389 e. The standard InChI is InChI=1S/C24H22F3N3O3/c1-12-24(32)18(28)10-21(33-12)14-7-8-29-11-13(14)9-20(31)19-6-5-17(27)23(30-19)22-15(25)3-2-4-16(22)26/h2-8,11-12,18,21,24,32H,9-10,28H2,1H3/t12-,18-,21-,24-/m1/s1. The second kappa shape index (κ2) is 9.38. The van der Waals surface area contributed by atoms with Crippen molar-refractivity contribution in [1.82, 2.24) is 9.97 Å². The zero-order valence-electron chi connectivity index (χ0n) is 17.7. The first kappa shape index (κ1) is 23.0. The van der Waals surface area contributed by atoms with Crippen molar-refractivity contribution in [3.05, 3.63) is 83.1 Å². The van der Waals surface area contributed by atoms with E-state index in [1.54, 1.807) is 19.2 Å². The van der Waals surface area contributed by atoms with Crippen molar-refractivity contribution in [2.75, 3.05) is 0 Å². The molecule has 4 rings (SSSR count). The Hall–Kier alpha value is -3.14. The maximum atomic E-state index is 14.4. The summed E-state index contributed by atoms with van der Waals surface area (Å²) in [5.74, 6) is -3.41. The third-order valence-corrected chi connectivity index (χ3v) is 5.76. The summed E-state index contributed by atoms with van der Waals surface area (Å²) in [5.41, 5.74) is 5.91. The molecular formula is C24H22F3N3O3.